The normalized spacial score (nSPS) is 26.3. The van der Waals surface area contributed by atoms with Crippen LogP contribution >= 0.6 is 0 Å². The molecule has 94 valence electrons. The van der Waals surface area contributed by atoms with Gasteiger partial charge in [0, 0.05) is 12.1 Å². The quantitative estimate of drug-likeness (QED) is 0.781. The van der Waals surface area contributed by atoms with Gasteiger partial charge < -0.3 is 5.73 Å². The molecular weight excluding hydrogens is 224 g/mol. The van der Waals surface area contributed by atoms with Crippen LogP contribution in [0.3, 0.4) is 0 Å². The minimum Gasteiger partial charge on any atom is -0.329 e. The van der Waals surface area contributed by atoms with E-state index in [2.05, 4.69) is 4.72 Å². The maximum atomic E-state index is 12.2. The van der Waals surface area contributed by atoms with Crippen molar-refractivity contribution in [2.45, 2.75) is 62.2 Å². The van der Waals surface area contributed by atoms with Crippen molar-refractivity contribution >= 4 is 10.0 Å². The third kappa shape index (κ3) is 2.41. The smallest absolute Gasteiger partial charge is 0.215 e. The number of nitrogens with one attached hydrogen (secondary N) is 1. The predicted octanol–water partition coefficient (Wildman–Crippen LogP) is 1.12. The third-order valence-corrected chi connectivity index (χ3v) is 6.12. The zero-order valence-electron chi connectivity index (χ0n) is 9.74. The van der Waals surface area contributed by atoms with Crippen LogP contribution in [0.1, 0.15) is 51.4 Å². The molecule has 0 bridgehead atoms. The van der Waals surface area contributed by atoms with Gasteiger partial charge in [0.05, 0.1) is 5.25 Å². The van der Waals surface area contributed by atoms with E-state index in [-0.39, 0.29) is 10.8 Å². The summed E-state index contributed by atoms with van der Waals surface area (Å²) in [7, 11) is -3.14. The van der Waals surface area contributed by atoms with Crippen molar-refractivity contribution in [2.75, 3.05) is 6.54 Å². The van der Waals surface area contributed by atoms with Crippen molar-refractivity contribution in [3.63, 3.8) is 0 Å². The van der Waals surface area contributed by atoms with E-state index < -0.39 is 10.0 Å². The monoisotopic (exact) mass is 246 g/mol. The molecule has 2 aliphatic carbocycles. The molecule has 2 fully saturated rings. The van der Waals surface area contributed by atoms with Gasteiger partial charge in [0.2, 0.25) is 10.0 Å². The van der Waals surface area contributed by atoms with Gasteiger partial charge in [0.15, 0.2) is 0 Å². The maximum absolute atomic E-state index is 12.2. The highest BCUT2D eigenvalue weighted by molar-refractivity contribution is 7.90. The molecule has 4 nitrogen and oxygen atoms in total. The van der Waals surface area contributed by atoms with Gasteiger partial charge in [-0.2, -0.15) is 0 Å². The van der Waals surface area contributed by atoms with Gasteiger partial charge in [-0.1, -0.05) is 25.7 Å². The van der Waals surface area contributed by atoms with Crippen LogP contribution in [-0.4, -0.2) is 25.8 Å². The Kier molecular flexibility index (Phi) is 3.56. The van der Waals surface area contributed by atoms with E-state index in [9.17, 15) is 8.42 Å². The summed E-state index contributed by atoms with van der Waals surface area (Å²) in [6.45, 7) is 0.430. The molecule has 0 amide bonds. The van der Waals surface area contributed by atoms with Gasteiger partial charge in [-0.05, 0) is 25.7 Å². The topological polar surface area (TPSA) is 72.2 Å². The molecule has 2 rings (SSSR count). The molecule has 0 aliphatic heterocycles. The van der Waals surface area contributed by atoms with Crippen LogP contribution in [0.15, 0.2) is 0 Å². The molecule has 2 saturated carbocycles. The zero-order valence-corrected chi connectivity index (χ0v) is 10.6. The minimum absolute atomic E-state index is 0.170. The molecule has 3 N–H and O–H groups in total. The van der Waals surface area contributed by atoms with Gasteiger partial charge in [0.25, 0.3) is 0 Å². The highest BCUT2D eigenvalue weighted by Crippen LogP contribution is 2.32. The van der Waals surface area contributed by atoms with E-state index in [1.54, 1.807) is 0 Å². The Morgan fingerprint density at radius 3 is 2.19 bits per heavy atom. The summed E-state index contributed by atoms with van der Waals surface area (Å²) in [5, 5.41) is -0.170. The lowest BCUT2D eigenvalue weighted by molar-refractivity contribution is 0.396. The number of nitrogens with two attached hydrogens (primary N) is 1. The summed E-state index contributed by atoms with van der Waals surface area (Å²) in [6.07, 6.45) is 7.69. The van der Waals surface area contributed by atoms with Crippen molar-refractivity contribution in [3.05, 3.63) is 0 Å². The fourth-order valence-electron chi connectivity index (χ4n) is 2.98. The SMILES string of the molecule is NCC1(NS(=O)(=O)C2CCCC2)CCCC1. The van der Waals surface area contributed by atoms with Crippen LogP contribution in [-0.2, 0) is 10.0 Å². The molecule has 2 aliphatic rings. The molecule has 0 radical (unpaired) electrons. The Morgan fingerprint density at radius 1 is 1.12 bits per heavy atom. The summed E-state index contributed by atoms with van der Waals surface area (Å²) in [6, 6.07) is 0. The van der Waals surface area contributed by atoms with Crippen LogP contribution in [0, 0.1) is 0 Å². The maximum Gasteiger partial charge on any atom is 0.215 e. The van der Waals surface area contributed by atoms with Crippen LogP contribution in [0.2, 0.25) is 0 Å². The Labute approximate surface area is 98.0 Å². The average molecular weight is 246 g/mol. The first kappa shape index (κ1) is 12.3. The van der Waals surface area contributed by atoms with E-state index in [0.717, 1.165) is 51.4 Å². The second-order valence-electron chi connectivity index (χ2n) is 5.25. The molecule has 0 atom stereocenters. The number of hydrogen-bond acceptors (Lipinski definition) is 3. The number of rotatable bonds is 4. The lowest BCUT2D eigenvalue weighted by atomic mass is 10.0. The number of hydrogen-bond donors (Lipinski definition) is 2. The van der Waals surface area contributed by atoms with E-state index in [0.29, 0.717) is 6.54 Å². The standard InChI is InChI=1S/C11H22N2O2S/c12-9-11(7-3-4-8-11)13-16(14,15)10-5-1-2-6-10/h10,13H,1-9,12H2. The summed E-state index contributed by atoms with van der Waals surface area (Å²) in [4.78, 5) is 0. The van der Waals surface area contributed by atoms with Gasteiger partial charge >= 0.3 is 0 Å². The van der Waals surface area contributed by atoms with Crippen molar-refractivity contribution in [1.29, 1.82) is 0 Å². The van der Waals surface area contributed by atoms with Crippen molar-refractivity contribution in [2.24, 2.45) is 5.73 Å². The first-order valence-electron chi connectivity index (χ1n) is 6.31. The van der Waals surface area contributed by atoms with Gasteiger partial charge in [0.1, 0.15) is 0 Å². The average Bonchev–Trinajstić information content (AvgIpc) is 2.87. The van der Waals surface area contributed by atoms with Gasteiger partial charge in [-0.15, -0.1) is 0 Å². The summed E-state index contributed by atoms with van der Waals surface area (Å²) >= 11 is 0. The fraction of sp³-hybridized carbons (Fsp3) is 1.00. The Balaban J connectivity index is 2.06. The van der Waals surface area contributed by atoms with Crippen LogP contribution in [0.4, 0.5) is 0 Å². The van der Waals surface area contributed by atoms with Crippen molar-refractivity contribution in [3.8, 4) is 0 Å². The summed E-state index contributed by atoms with van der Waals surface area (Å²) < 4.78 is 27.3. The molecule has 0 heterocycles. The van der Waals surface area contributed by atoms with Crippen LogP contribution < -0.4 is 10.5 Å². The second kappa shape index (κ2) is 4.63. The van der Waals surface area contributed by atoms with E-state index >= 15 is 0 Å². The minimum atomic E-state index is -3.14. The van der Waals surface area contributed by atoms with Gasteiger partial charge in [-0.25, -0.2) is 13.1 Å². The fourth-order valence-corrected chi connectivity index (χ4v) is 5.00. The Bertz CT molecular complexity index is 328. The molecule has 0 aromatic heterocycles. The molecular formula is C11H22N2O2S. The van der Waals surface area contributed by atoms with E-state index in [4.69, 9.17) is 5.73 Å². The third-order valence-electron chi connectivity index (χ3n) is 4.05. The van der Waals surface area contributed by atoms with E-state index in [1.165, 1.54) is 0 Å². The molecule has 16 heavy (non-hydrogen) atoms. The number of sulfonamides is 1. The first-order valence-corrected chi connectivity index (χ1v) is 7.85. The lowest BCUT2D eigenvalue weighted by Crippen LogP contribution is -2.53. The molecule has 0 unspecified atom stereocenters. The zero-order chi connectivity index (χ0) is 11.6. The molecule has 0 spiro atoms. The molecule has 5 heteroatoms. The highest BCUT2D eigenvalue weighted by Gasteiger charge is 2.39. The first-order chi connectivity index (χ1) is 7.58. The predicted molar refractivity (Wildman–Crippen MR) is 64.6 cm³/mol. The molecule has 0 saturated heterocycles. The molecule has 0 aromatic rings. The Morgan fingerprint density at radius 2 is 1.69 bits per heavy atom. The van der Waals surface area contributed by atoms with Crippen molar-refractivity contribution < 1.29 is 8.42 Å². The molecule has 0 aromatic carbocycles. The largest absolute Gasteiger partial charge is 0.329 e. The van der Waals surface area contributed by atoms with Gasteiger partial charge in [-0.3, -0.25) is 0 Å². The Hall–Kier alpha value is -0.130. The van der Waals surface area contributed by atoms with Crippen LogP contribution in [0.5, 0.6) is 0 Å². The highest BCUT2D eigenvalue weighted by atomic mass is 32.2. The van der Waals surface area contributed by atoms with E-state index in [1.807, 2.05) is 0 Å². The summed E-state index contributed by atoms with van der Waals surface area (Å²) in [5.41, 5.74) is 5.42. The summed E-state index contributed by atoms with van der Waals surface area (Å²) in [5.74, 6) is 0. The van der Waals surface area contributed by atoms with Crippen molar-refractivity contribution in [1.82, 2.24) is 4.72 Å². The lowest BCUT2D eigenvalue weighted by Gasteiger charge is -2.29. The second-order valence-corrected chi connectivity index (χ2v) is 7.21. The van der Waals surface area contributed by atoms with Crippen LogP contribution in [0.25, 0.3) is 0 Å².